The second kappa shape index (κ2) is 7.73. The Morgan fingerprint density at radius 3 is 1.91 bits per heavy atom. The molecule has 0 spiro atoms. The molecule has 0 N–H and O–H groups in total. The topological polar surface area (TPSA) is 0 Å². The van der Waals surface area contributed by atoms with Crippen molar-refractivity contribution in [3.8, 4) is 0 Å². The van der Waals surface area contributed by atoms with Gasteiger partial charge >= 0.3 is 0 Å². The van der Waals surface area contributed by atoms with E-state index in [4.69, 9.17) is 0 Å². The fourth-order valence-corrected chi connectivity index (χ4v) is 7.10. The lowest BCUT2D eigenvalue weighted by Crippen LogP contribution is -1.85. The fourth-order valence-electron chi connectivity index (χ4n) is 2.06. The van der Waals surface area contributed by atoms with Gasteiger partial charge < -0.3 is 0 Å². The Morgan fingerprint density at radius 2 is 1.50 bits per heavy atom. The molecule has 0 aromatic carbocycles. The molecule has 0 amide bonds. The van der Waals surface area contributed by atoms with Gasteiger partial charge in [0.25, 0.3) is 4.20 Å². The van der Waals surface area contributed by atoms with Crippen molar-refractivity contribution in [1.82, 2.24) is 0 Å². The smallest absolute Gasteiger partial charge is 0.129 e. The lowest BCUT2D eigenvalue weighted by atomic mass is 10.1. The zero-order chi connectivity index (χ0) is 15.5. The highest BCUT2D eigenvalue weighted by Crippen LogP contribution is 2.44. The lowest BCUT2D eigenvalue weighted by molar-refractivity contribution is 1.70. The van der Waals surface area contributed by atoms with E-state index < -0.39 is 0 Å². The van der Waals surface area contributed by atoms with Crippen molar-refractivity contribution in [1.29, 1.82) is 0 Å². The van der Waals surface area contributed by atoms with Gasteiger partial charge in [-0.25, -0.2) is 0 Å². The molecule has 3 heterocycles. The Kier molecular flexibility index (Phi) is 5.92. The average molecular weight is 400 g/mol. The molecular formula is C16H15S6+. The molecule has 0 nitrogen and oxygen atoms in total. The number of thioether (sulfide) groups is 3. The summed E-state index contributed by atoms with van der Waals surface area (Å²) in [4.78, 5) is 4.11. The van der Waals surface area contributed by atoms with Gasteiger partial charge in [0.15, 0.2) is 17.6 Å². The molecule has 114 valence electrons. The Labute approximate surface area is 156 Å². The van der Waals surface area contributed by atoms with Crippen LogP contribution in [0.1, 0.15) is 9.75 Å². The van der Waals surface area contributed by atoms with Crippen LogP contribution < -0.4 is 0 Å². The molecular weight excluding hydrogens is 385 g/mol. The van der Waals surface area contributed by atoms with Crippen LogP contribution in [0.4, 0.5) is 0 Å². The van der Waals surface area contributed by atoms with E-state index in [2.05, 4.69) is 55.2 Å². The van der Waals surface area contributed by atoms with Gasteiger partial charge in [0.05, 0.1) is 8.42 Å². The largest absolute Gasteiger partial charge is 0.262 e. The van der Waals surface area contributed by atoms with Crippen molar-refractivity contribution < 1.29 is 0 Å². The van der Waals surface area contributed by atoms with Gasteiger partial charge in [-0.3, -0.25) is 0 Å². The van der Waals surface area contributed by atoms with Crippen molar-refractivity contribution in [2.24, 2.45) is 0 Å². The first kappa shape index (κ1) is 16.9. The standard InChI is InChI=1S/C16H15S6/c1-17-13-7-4-10(20-13)16(11-5-8-14(18-2)21-11)12-6-9-15(19-3)22-12/h4-9H,1-3H3/q+1. The number of hydrogen-bond donors (Lipinski definition) is 0. The minimum absolute atomic E-state index is 1.37. The molecule has 2 aromatic rings. The SMILES string of the molecule is CSc1ccc(C(=C2C=CC(=[S+]C)S2)c2ccc(SC)s2)s1. The minimum atomic E-state index is 1.37. The number of rotatable bonds is 4. The Hall–Kier alpha value is 0.0200. The van der Waals surface area contributed by atoms with Crippen LogP contribution in [0.3, 0.4) is 0 Å². The number of hydrogen-bond acceptors (Lipinski definition) is 5. The maximum absolute atomic E-state index is 2.27. The van der Waals surface area contributed by atoms with Crippen LogP contribution in [0.2, 0.25) is 0 Å². The van der Waals surface area contributed by atoms with E-state index in [1.54, 1.807) is 0 Å². The molecule has 0 unspecified atom stereocenters. The Morgan fingerprint density at radius 1 is 0.909 bits per heavy atom. The molecule has 0 radical (unpaired) electrons. The summed E-state index contributed by atoms with van der Waals surface area (Å²) in [6, 6.07) is 9.00. The van der Waals surface area contributed by atoms with Gasteiger partial charge in [-0.2, -0.15) is 0 Å². The number of thiophene rings is 2. The third-order valence-electron chi connectivity index (χ3n) is 3.09. The van der Waals surface area contributed by atoms with Crippen LogP contribution in [-0.4, -0.2) is 23.0 Å². The molecule has 3 rings (SSSR count). The van der Waals surface area contributed by atoms with Crippen LogP contribution in [0.25, 0.3) is 5.57 Å². The molecule has 1 aliphatic heterocycles. The van der Waals surface area contributed by atoms with Gasteiger partial charge in [-0.15, -0.1) is 46.2 Å². The molecule has 2 aromatic heterocycles. The van der Waals surface area contributed by atoms with Crippen molar-refractivity contribution >= 4 is 79.1 Å². The Bertz CT molecular complexity index is 715. The van der Waals surface area contributed by atoms with Gasteiger partial charge in [0, 0.05) is 26.3 Å². The third-order valence-corrected chi connectivity index (χ3v) is 9.64. The molecule has 0 bridgehead atoms. The summed E-state index contributed by atoms with van der Waals surface area (Å²) in [5, 5.41) is 0. The van der Waals surface area contributed by atoms with Crippen LogP contribution in [0.5, 0.6) is 0 Å². The summed E-state index contributed by atoms with van der Waals surface area (Å²) in [7, 11) is 0. The maximum Gasteiger partial charge on any atom is 0.262 e. The predicted molar refractivity (Wildman–Crippen MR) is 113 cm³/mol. The summed E-state index contributed by atoms with van der Waals surface area (Å²) in [5.74, 6) is 0. The molecule has 6 heteroatoms. The lowest BCUT2D eigenvalue weighted by Gasteiger charge is -2.05. The van der Waals surface area contributed by atoms with Crippen LogP contribution in [0.15, 0.2) is 49.7 Å². The zero-order valence-corrected chi connectivity index (χ0v) is 17.3. The summed E-state index contributed by atoms with van der Waals surface area (Å²) < 4.78 is 4.11. The summed E-state index contributed by atoms with van der Waals surface area (Å²) in [6.45, 7) is 0. The predicted octanol–water partition coefficient (Wildman–Crippen LogP) is 6.16. The first-order valence-electron chi connectivity index (χ1n) is 6.54. The minimum Gasteiger partial charge on any atom is -0.129 e. The first-order chi connectivity index (χ1) is 10.7. The maximum atomic E-state index is 2.27. The van der Waals surface area contributed by atoms with E-state index in [0.717, 1.165) is 0 Å². The summed E-state index contributed by atoms with van der Waals surface area (Å²) in [5.41, 5.74) is 1.39. The first-order valence-corrected chi connectivity index (χ1v) is 12.7. The van der Waals surface area contributed by atoms with Crippen molar-refractivity contribution in [3.63, 3.8) is 0 Å². The van der Waals surface area contributed by atoms with Crippen molar-refractivity contribution in [2.45, 2.75) is 8.42 Å². The quantitative estimate of drug-likeness (QED) is 0.343. The van der Waals surface area contributed by atoms with E-state index in [9.17, 15) is 0 Å². The van der Waals surface area contributed by atoms with Crippen LogP contribution in [0, 0.1) is 0 Å². The summed E-state index contributed by atoms with van der Waals surface area (Å²) in [6.07, 6.45) is 10.9. The van der Waals surface area contributed by atoms with E-state index in [0.29, 0.717) is 0 Å². The molecule has 22 heavy (non-hydrogen) atoms. The van der Waals surface area contributed by atoms with E-state index in [-0.39, 0.29) is 0 Å². The fraction of sp³-hybridized carbons (Fsp3) is 0.188. The molecule has 0 fully saturated rings. The van der Waals surface area contributed by atoms with E-state index in [1.165, 1.54) is 32.8 Å². The second-order valence-electron chi connectivity index (χ2n) is 4.34. The number of allylic oxidation sites excluding steroid dienone is 1. The van der Waals surface area contributed by atoms with Gasteiger partial charge in [-0.1, -0.05) is 0 Å². The molecule has 0 saturated carbocycles. The zero-order valence-electron chi connectivity index (χ0n) is 12.4. The van der Waals surface area contributed by atoms with Crippen molar-refractivity contribution in [2.75, 3.05) is 18.8 Å². The van der Waals surface area contributed by atoms with Crippen LogP contribution in [-0.2, 0) is 11.4 Å². The monoisotopic (exact) mass is 399 g/mol. The highest BCUT2D eigenvalue weighted by Gasteiger charge is 2.22. The van der Waals surface area contributed by atoms with Crippen LogP contribution >= 0.6 is 58.0 Å². The van der Waals surface area contributed by atoms with Crippen molar-refractivity contribution in [3.05, 3.63) is 51.1 Å². The molecule has 0 aliphatic carbocycles. The summed E-state index contributed by atoms with van der Waals surface area (Å²) >= 11 is 11.1. The molecule has 1 aliphatic rings. The highest BCUT2D eigenvalue weighted by atomic mass is 32.2. The highest BCUT2D eigenvalue weighted by molar-refractivity contribution is 8.26. The van der Waals surface area contributed by atoms with E-state index >= 15 is 0 Å². The Balaban J connectivity index is 2.10. The van der Waals surface area contributed by atoms with Gasteiger partial charge in [0.1, 0.15) is 0 Å². The third kappa shape index (κ3) is 3.57. The normalized spacial score (nSPS) is 16.0. The molecule has 0 saturated heterocycles. The van der Waals surface area contributed by atoms with Gasteiger partial charge in [-0.05, 0) is 54.6 Å². The second-order valence-corrected chi connectivity index (χ2v) is 10.9. The average Bonchev–Trinajstić information content (AvgIpc) is 3.28. The molecule has 0 atom stereocenters. The van der Waals surface area contributed by atoms with Gasteiger partial charge in [0.2, 0.25) is 0 Å². The van der Waals surface area contributed by atoms with E-state index in [1.807, 2.05) is 69.3 Å².